The number of nitrogens with zero attached hydrogens (tertiary/aromatic N) is 2. The Morgan fingerprint density at radius 3 is 3.25 bits per heavy atom. The van der Waals surface area contributed by atoms with Crippen molar-refractivity contribution in [3.05, 3.63) is 29.6 Å². The maximum Gasteiger partial charge on any atom is 0.273 e. The fourth-order valence-corrected chi connectivity index (χ4v) is 3.30. The third-order valence-electron chi connectivity index (χ3n) is 3.22. The molecule has 20 heavy (non-hydrogen) atoms. The minimum absolute atomic E-state index is 0.0225. The van der Waals surface area contributed by atoms with Crippen LogP contribution in [0.25, 0.3) is 0 Å². The van der Waals surface area contributed by atoms with Crippen LogP contribution in [0.2, 0.25) is 0 Å². The highest BCUT2D eigenvalue weighted by Crippen LogP contribution is 2.22. The van der Waals surface area contributed by atoms with Gasteiger partial charge in [0.15, 0.2) is 0 Å². The van der Waals surface area contributed by atoms with E-state index in [0.29, 0.717) is 16.5 Å². The number of nitrogens with two attached hydrogens (primary N) is 1. The van der Waals surface area contributed by atoms with Gasteiger partial charge in [-0.2, -0.15) is 11.8 Å². The molecule has 1 atom stereocenters. The molecular formula is C15H19N3OS. The molecule has 4 nitrogen and oxygen atoms in total. The van der Waals surface area contributed by atoms with E-state index >= 15 is 0 Å². The summed E-state index contributed by atoms with van der Waals surface area (Å²) >= 11 is 1.94. The number of aromatic nitrogens is 1. The molecule has 1 saturated heterocycles. The highest BCUT2D eigenvalue weighted by Gasteiger charge is 2.25. The van der Waals surface area contributed by atoms with E-state index in [2.05, 4.69) is 23.7 Å². The van der Waals surface area contributed by atoms with Gasteiger partial charge in [0.2, 0.25) is 0 Å². The topological polar surface area (TPSA) is 59.2 Å². The van der Waals surface area contributed by atoms with Crippen molar-refractivity contribution < 1.29 is 4.79 Å². The van der Waals surface area contributed by atoms with Crippen molar-refractivity contribution >= 4 is 17.7 Å². The highest BCUT2D eigenvalue weighted by atomic mass is 32.2. The summed E-state index contributed by atoms with van der Waals surface area (Å²) < 4.78 is 0. The van der Waals surface area contributed by atoms with E-state index in [1.165, 1.54) is 0 Å². The van der Waals surface area contributed by atoms with Gasteiger partial charge >= 0.3 is 0 Å². The Kier molecular flexibility index (Phi) is 5.45. The molecule has 1 aromatic heterocycles. The summed E-state index contributed by atoms with van der Waals surface area (Å²) in [6.45, 7) is 4.01. The molecule has 1 aliphatic rings. The van der Waals surface area contributed by atoms with Crippen LogP contribution < -0.4 is 5.73 Å². The Balaban J connectivity index is 2.20. The predicted octanol–water partition coefficient (Wildman–Crippen LogP) is 1.36. The molecule has 2 rings (SSSR count). The van der Waals surface area contributed by atoms with Gasteiger partial charge in [0.25, 0.3) is 5.91 Å². The lowest BCUT2D eigenvalue weighted by atomic mass is 10.1. The second-order valence-electron chi connectivity index (χ2n) is 4.56. The van der Waals surface area contributed by atoms with E-state index in [1.807, 2.05) is 22.7 Å². The molecule has 5 heteroatoms. The summed E-state index contributed by atoms with van der Waals surface area (Å²) in [5.41, 5.74) is 6.49. The normalized spacial score (nSPS) is 18.3. The maximum atomic E-state index is 12.6. The Bertz CT molecular complexity index is 535. The average Bonchev–Trinajstić information content (AvgIpc) is 2.52. The Morgan fingerprint density at radius 2 is 2.50 bits per heavy atom. The van der Waals surface area contributed by atoms with Crippen molar-refractivity contribution in [2.24, 2.45) is 5.73 Å². The molecule has 0 aliphatic carbocycles. The standard InChI is InChI=1S/C15H19N3OS/c1-2-13-11-18(9-10-20-13)15(19)14-12(5-3-7-16)6-4-8-17-14/h4,6,8,13H,2,7,9-11,16H2,1H3. The zero-order valence-corrected chi connectivity index (χ0v) is 12.4. The Morgan fingerprint density at radius 1 is 1.65 bits per heavy atom. The van der Waals surface area contributed by atoms with Crippen LogP contribution in [0, 0.1) is 11.8 Å². The number of pyridine rings is 1. The second kappa shape index (κ2) is 7.32. The van der Waals surface area contributed by atoms with Crippen LogP contribution in [0.5, 0.6) is 0 Å². The molecule has 0 aromatic carbocycles. The fraction of sp³-hybridized carbons (Fsp3) is 0.467. The summed E-state index contributed by atoms with van der Waals surface area (Å²) in [6.07, 6.45) is 2.72. The van der Waals surface area contributed by atoms with Crippen molar-refractivity contribution in [3.8, 4) is 11.8 Å². The van der Waals surface area contributed by atoms with Crippen LogP contribution in [0.4, 0.5) is 0 Å². The van der Waals surface area contributed by atoms with E-state index < -0.39 is 0 Å². The molecule has 1 unspecified atom stereocenters. The monoisotopic (exact) mass is 289 g/mol. The zero-order valence-electron chi connectivity index (χ0n) is 11.6. The van der Waals surface area contributed by atoms with Gasteiger partial charge in [0.1, 0.15) is 5.69 Å². The SMILES string of the molecule is CCC1CN(C(=O)c2ncccc2C#CCN)CCS1. The third kappa shape index (κ3) is 3.53. The maximum absolute atomic E-state index is 12.6. The molecule has 0 saturated carbocycles. The van der Waals surface area contributed by atoms with Gasteiger partial charge in [-0.25, -0.2) is 4.98 Å². The zero-order chi connectivity index (χ0) is 14.4. The molecule has 106 valence electrons. The number of carbonyl (C=O) groups excluding carboxylic acids is 1. The average molecular weight is 289 g/mol. The lowest BCUT2D eigenvalue weighted by Crippen LogP contribution is -2.42. The summed E-state index contributed by atoms with van der Waals surface area (Å²) in [6, 6.07) is 3.61. The Hall–Kier alpha value is -1.51. The summed E-state index contributed by atoms with van der Waals surface area (Å²) in [7, 11) is 0. The fourth-order valence-electron chi connectivity index (χ4n) is 2.12. The van der Waals surface area contributed by atoms with E-state index in [4.69, 9.17) is 5.73 Å². The van der Waals surface area contributed by atoms with Crippen molar-refractivity contribution in [3.63, 3.8) is 0 Å². The van der Waals surface area contributed by atoms with E-state index in [-0.39, 0.29) is 12.5 Å². The molecule has 1 amide bonds. The van der Waals surface area contributed by atoms with Crippen molar-refractivity contribution in [2.45, 2.75) is 18.6 Å². The lowest BCUT2D eigenvalue weighted by Gasteiger charge is -2.31. The first kappa shape index (κ1) is 14.9. The van der Waals surface area contributed by atoms with Crippen LogP contribution in [0.15, 0.2) is 18.3 Å². The molecule has 0 radical (unpaired) electrons. The van der Waals surface area contributed by atoms with Gasteiger partial charge in [-0.3, -0.25) is 4.79 Å². The number of rotatable bonds is 2. The minimum Gasteiger partial charge on any atom is -0.335 e. The molecule has 2 N–H and O–H groups in total. The number of carbonyl (C=O) groups is 1. The van der Waals surface area contributed by atoms with E-state index in [0.717, 1.165) is 25.3 Å². The molecule has 1 aliphatic heterocycles. The first-order valence-corrected chi connectivity index (χ1v) is 7.86. The molecule has 1 fully saturated rings. The third-order valence-corrected chi connectivity index (χ3v) is 4.59. The smallest absolute Gasteiger partial charge is 0.273 e. The number of hydrogen-bond acceptors (Lipinski definition) is 4. The number of hydrogen-bond donors (Lipinski definition) is 1. The molecule has 0 bridgehead atoms. The van der Waals surface area contributed by atoms with E-state index in [9.17, 15) is 4.79 Å². The molecule has 1 aromatic rings. The van der Waals surface area contributed by atoms with Crippen LogP contribution in [0.3, 0.4) is 0 Å². The largest absolute Gasteiger partial charge is 0.335 e. The van der Waals surface area contributed by atoms with Gasteiger partial charge < -0.3 is 10.6 Å². The van der Waals surface area contributed by atoms with Crippen molar-refractivity contribution in [2.75, 3.05) is 25.4 Å². The predicted molar refractivity (Wildman–Crippen MR) is 82.6 cm³/mol. The number of amides is 1. The first-order valence-electron chi connectivity index (χ1n) is 6.81. The van der Waals surface area contributed by atoms with Gasteiger partial charge in [-0.05, 0) is 18.6 Å². The number of thioether (sulfide) groups is 1. The van der Waals surface area contributed by atoms with Crippen LogP contribution in [0.1, 0.15) is 29.4 Å². The summed E-state index contributed by atoms with van der Waals surface area (Å²) in [5, 5.41) is 0.523. The van der Waals surface area contributed by atoms with Crippen LogP contribution >= 0.6 is 11.8 Å². The molecule has 2 heterocycles. The summed E-state index contributed by atoms with van der Waals surface area (Å²) in [4.78, 5) is 18.7. The quantitative estimate of drug-likeness (QED) is 0.835. The van der Waals surface area contributed by atoms with Gasteiger partial charge in [0, 0.05) is 30.3 Å². The lowest BCUT2D eigenvalue weighted by molar-refractivity contribution is 0.0755. The van der Waals surface area contributed by atoms with Crippen molar-refractivity contribution in [1.29, 1.82) is 0 Å². The highest BCUT2D eigenvalue weighted by molar-refractivity contribution is 8.00. The molecule has 0 spiro atoms. The second-order valence-corrected chi connectivity index (χ2v) is 5.97. The van der Waals surface area contributed by atoms with Crippen LogP contribution in [-0.4, -0.2) is 46.4 Å². The Labute approximate surface area is 124 Å². The van der Waals surface area contributed by atoms with Gasteiger partial charge in [-0.1, -0.05) is 18.8 Å². The van der Waals surface area contributed by atoms with Gasteiger partial charge in [0.05, 0.1) is 12.1 Å². The summed E-state index contributed by atoms with van der Waals surface area (Å²) in [5.74, 6) is 6.68. The van der Waals surface area contributed by atoms with Crippen LogP contribution in [-0.2, 0) is 0 Å². The molecular weight excluding hydrogens is 270 g/mol. The van der Waals surface area contributed by atoms with Gasteiger partial charge in [-0.15, -0.1) is 0 Å². The van der Waals surface area contributed by atoms with E-state index in [1.54, 1.807) is 12.3 Å². The first-order chi connectivity index (χ1) is 9.76. The minimum atomic E-state index is -0.0225. The van der Waals surface area contributed by atoms with Crippen molar-refractivity contribution in [1.82, 2.24) is 9.88 Å².